The maximum atomic E-state index is 6.35. The van der Waals surface area contributed by atoms with Crippen molar-refractivity contribution in [2.45, 2.75) is 44.7 Å². The summed E-state index contributed by atoms with van der Waals surface area (Å²) < 4.78 is 0. The lowest BCUT2D eigenvalue weighted by atomic mass is 9.84. The number of hydrogen-bond donors (Lipinski definition) is 1. The number of aromatic nitrogens is 1. The summed E-state index contributed by atoms with van der Waals surface area (Å²) in [6.07, 6.45) is 10.5. The molecule has 1 aliphatic rings. The summed E-state index contributed by atoms with van der Waals surface area (Å²) in [6, 6.07) is 4.47. The maximum absolute atomic E-state index is 6.35. The van der Waals surface area contributed by atoms with Gasteiger partial charge in [0, 0.05) is 31.5 Å². The van der Waals surface area contributed by atoms with Gasteiger partial charge in [0.2, 0.25) is 0 Å². The third-order valence-electron chi connectivity index (χ3n) is 3.98. The molecular weight excluding hydrogens is 222 g/mol. The summed E-state index contributed by atoms with van der Waals surface area (Å²) in [6.45, 7) is 1.95. The maximum Gasteiger partial charge on any atom is 0.0271 e. The molecule has 0 bridgehead atoms. The van der Waals surface area contributed by atoms with E-state index in [1.165, 1.54) is 37.7 Å². The lowest BCUT2D eigenvalue weighted by molar-refractivity contribution is 0.229. The molecule has 18 heavy (non-hydrogen) atoms. The molecule has 3 nitrogen and oxygen atoms in total. The number of nitrogens with zero attached hydrogens (tertiary/aromatic N) is 2. The molecule has 0 amide bonds. The Kier molecular flexibility index (Phi) is 5.14. The van der Waals surface area contributed by atoms with Crippen molar-refractivity contribution in [3.63, 3.8) is 0 Å². The molecule has 2 N–H and O–H groups in total. The van der Waals surface area contributed by atoms with Gasteiger partial charge in [0.25, 0.3) is 0 Å². The van der Waals surface area contributed by atoms with Gasteiger partial charge in [0.05, 0.1) is 0 Å². The van der Waals surface area contributed by atoms with Crippen LogP contribution in [0.1, 0.15) is 37.7 Å². The van der Waals surface area contributed by atoms with Crippen molar-refractivity contribution in [2.24, 2.45) is 11.7 Å². The minimum Gasteiger partial charge on any atom is -0.326 e. The fourth-order valence-corrected chi connectivity index (χ4v) is 2.94. The lowest BCUT2D eigenvalue weighted by Gasteiger charge is -2.30. The van der Waals surface area contributed by atoms with Crippen LogP contribution in [0.3, 0.4) is 0 Å². The van der Waals surface area contributed by atoms with E-state index in [1.54, 1.807) is 0 Å². The molecular formula is C15H25N3. The molecule has 0 saturated heterocycles. The van der Waals surface area contributed by atoms with E-state index in [9.17, 15) is 0 Å². The van der Waals surface area contributed by atoms with E-state index < -0.39 is 0 Å². The molecule has 1 aromatic heterocycles. The Morgan fingerprint density at radius 3 is 2.61 bits per heavy atom. The average Bonchev–Trinajstić information content (AvgIpc) is 2.40. The monoisotopic (exact) mass is 247 g/mol. The average molecular weight is 247 g/mol. The van der Waals surface area contributed by atoms with Crippen LogP contribution in [-0.4, -0.2) is 29.5 Å². The molecule has 0 spiro atoms. The van der Waals surface area contributed by atoms with Crippen LogP contribution in [-0.2, 0) is 6.54 Å². The number of hydrogen-bond acceptors (Lipinski definition) is 3. The second-order valence-electron chi connectivity index (χ2n) is 5.61. The van der Waals surface area contributed by atoms with Gasteiger partial charge in [-0.25, -0.2) is 0 Å². The van der Waals surface area contributed by atoms with Crippen molar-refractivity contribution < 1.29 is 0 Å². The van der Waals surface area contributed by atoms with Crippen molar-refractivity contribution in [1.29, 1.82) is 0 Å². The molecule has 3 heteroatoms. The van der Waals surface area contributed by atoms with E-state index in [-0.39, 0.29) is 0 Å². The summed E-state index contributed by atoms with van der Waals surface area (Å²) >= 11 is 0. The molecule has 0 radical (unpaired) electrons. The molecule has 0 aromatic carbocycles. The van der Waals surface area contributed by atoms with Crippen molar-refractivity contribution >= 4 is 0 Å². The first-order valence-corrected chi connectivity index (χ1v) is 7.09. The van der Waals surface area contributed by atoms with Crippen LogP contribution in [0.5, 0.6) is 0 Å². The van der Waals surface area contributed by atoms with Crippen LogP contribution in [0, 0.1) is 5.92 Å². The third-order valence-corrected chi connectivity index (χ3v) is 3.98. The Morgan fingerprint density at radius 1 is 1.28 bits per heavy atom. The zero-order chi connectivity index (χ0) is 12.8. The zero-order valence-electron chi connectivity index (χ0n) is 11.4. The van der Waals surface area contributed by atoms with Gasteiger partial charge < -0.3 is 10.6 Å². The van der Waals surface area contributed by atoms with Crippen LogP contribution in [0.4, 0.5) is 0 Å². The summed E-state index contributed by atoms with van der Waals surface area (Å²) in [5.41, 5.74) is 7.66. The Hall–Kier alpha value is -0.930. The van der Waals surface area contributed by atoms with Crippen molar-refractivity contribution in [3.05, 3.63) is 30.1 Å². The Morgan fingerprint density at radius 2 is 1.94 bits per heavy atom. The normalized spacial score (nSPS) is 19.1. The van der Waals surface area contributed by atoms with Gasteiger partial charge in [0.1, 0.15) is 0 Å². The quantitative estimate of drug-likeness (QED) is 0.869. The van der Waals surface area contributed by atoms with E-state index in [0.717, 1.165) is 19.0 Å². The highest BCUT2D eigenvalue weighted by Gasteiger charge is 2.21. The van der Waals surface area contributed by atoms with Crippen molar-refractivity contribution in [1.82, 2.24) is 9.88 Å². The first kappa shape index (κ1) is 13.5. The van der Waals surface area contributed by atoms with Crippen molar-refractivity contribution in [2.75, 3.05) is 13.6 Å². The van der Waals surface area contributed by atoms with Crippen LogP contribution in [0.25, 0.3) is 0 Å². The molecule has 100 valence electrons. The molecule has 0 aliphatic heterocycles. The molecule has 2 rings (SSSR count). The highest BCUT2D eigenvalue weighted by Crippen LogP contribution is 2.25. The van der Waals surface area contributed by atoms with E-state index in [1.807, 2.05) is 12.4 Å². The minimum atomic E-state index is 0.331. The van der Waals surface area contributed by atoms with Crippen LogP contribution >= 0.6 is 0 Å². The van der Waals surface area contributed by atoms with Crippen molar-refractivity contribution in [3.8, 4) is 0 Å². The summed E-state index contributed by atoms with van der Waals surface area (Å²) in [7, 11) is 2.16. The number of nitrogens with two attached hydrogens (primary N) is 1. The second kappa shape index (κ2) is 6.86. The summed E-state index contributed by atoms with van der Waals surface area (Å²) in [5, 5.41) is 0. The standard InChI is InChI=1S/C15H25N3/c1-18(11-13-7-9-17-10-8-13)12-15(16)14-5-3-2-4-6-14/h7-10,14-15H,2-6,11-12,16H2,1H3. The third kappa shape index (κ3) is 4.07. The van der Waals surface area contributed by atoms with E-state index in [0.29, 0.717) is 6.04 Å². The fraction of sp³-hybridized carbons (Fsp3) is 0.667. The Labute approximate surface area is 110 Å². The van der Waals surface area contributed by atoms with Gasteiger partial charge in [0.15, 0.2) is 0 Å². The Bertz CT molecular complexity index is 333. The predicted molar refractivity (Wildman–Crippen MR) is 75.1 cm³/mol. The Balaban J connectivity index is 1.77. The van der Waals surface area contributed by atoms with Gasteiger partial charge in [-0.3, -0.25) is 4.98 Å². The zero-order valence-corrected chi connectivity index (χ0v) is 11.4. The molecule has 1 heterocycles. The van der Waals surface area contributed by atoms with E-state index in [4.69, 9.17) is 5.73 Å². The summed E-state index contributed by atoms with van der Waals surface area (Å²) in [5.74, 6) is 0.735. The lowest BCUT2D eigenvalue weighted by Crippen LogP contribution is -2.41. The predicted octanol–water partition coefficient (Wildman–Crippen LogP) is 2.42. The minimum absolute atomic E-state index is 0.331. The molecule has 1 unspecified atom stereocenters. The molecule has 1 aliphatic carbocycles. The molecule has 1 fully saturated rings. The van der Waals surface area contributed by atoms with E-state index >= 15 is 0 Å². The van der Waals surface area contributed by atoms with Gasteiger partial charge in [-0.05, 0) is 43.5 Å². The van der Waals surface area contributed by atoms with E-state index in [2.05, 4.69) is 29.1 Å². The first-order valence-electron chi connectivity index (χ1n) is 7.09. The SMILES string of the molecule is CN(Cc1ccncc1)CC(N)C1CCCCC1. The number of pyridine rings is 1. The highest BCUT2D eigenvalue weighted by molar-refractivity contribution is 5.09. The van der Waals surface area contributed by atoms with Gasteiger partial charge in [-0.1, -0.05) is 19.3 Å². The first-order chi connectivity index (χ1) is 8.75. The topological polar surface area (TPSA) is 42.2 Å². The second-order valence-corrected chi connectivity index (χ2v) is 5.61. The largest absolute Gasteiger partial charge is 0.326 e. The van der Waals surface area contributed by atoms with Gasteiger partial charge >= 0.3 is 0 Å². The van der Waals surface area contributed by atoms with Gasteiger partial charge in [-0.15, -0.1) is 0 Å². The van der Waals surface area contributed by atoms with Crippen LogP contribution in [0.2, 0.25) is 0 Å². The fourth-order valence-electron chi connectivity index (χ4n) is 2.94. The summed E-state index contributed by atoms with van der Waals surface area (Å²) in [4.78, 5) is 6.37. The van der Waals surface area contributed by atoms with Gasteiger partial charge in [-0.2, -0.15) is 0 Å². The molecule has 1 saturated carbocycles. The highest BCUT2D eigenvalue weighted by atomic mass is 15.1. The van der Waals surface area contributed by atoms with Crippen LogP contribution in [0.15, 0.2) is 24.5 Å². The van der Waals surface area contributed by atoms with Crippen LogP contribution < -0.4 is 5.73 Å². The number of likely N-dealkylation sites (N-methyl/N-ethyl adjacent to an activating group) is 1. The number of rotatable bonds is 5. The molecule has 1 aromatic rings. The smallest absolute Gasteiger partial charge is 0.0271 e. The molecule has 1 atom stereocenters.